The minimum atomic E-state index is -4.86. The van der Waals surface area contributed by atoms with Crippen molar-refractivity contribution in [3.8, 4) is 0 Å². The smallest absolute Gasteiger partial charge is 0.372 e. The van der Waals surface area contributed by atoms with E-state index < -0.39 is 39.6 Å². The lowest BCUT2D eigenvalue weighted by Gasteiger charge is -2.30. The summed E-state index contributed by atoms with van der Waals surface area (Å²) in [5.74, 6) is -0.899. The molecule has 1 aromatic heterocycles. The second-order valence-corrected chi connectivity index (χ2v) is 9.87. The molecule has 32 heavy (non-hydrogen) atoms. The van der Waals surface area contributed by atoms with Crippen molar-refractivity contribution in [1.82, 2.24) is 9.80 Å². The van der Waals surface area contributed by atoms with E-state index in [0.29, 0.717) is 18.0 Å². The van der Waals surface area contributed by atoms with Crippen molar-refractivity contribution in [2.45, 2.75) is 37.7 Å². The number of carbonyl (C=O) groups excluding carboxylic acids is 1. The van der Waals surface area contributed by atoms with E-state index in [0.717, 1.165) is 42.1 Å². The summed E-state index contributed by atoms with van der Waals surface area (Å²) in [6.07, 6.45) is -4.47. The number of amides is 1. The van der Waals surface area contributed by atoms with Gasteiger partial charge < -0.3 is 14.6 Å². The summed E-state index contributed by atoms with van der Waals surface area (Å²) in [5, 5.41) is 2.68. The van der Waals surface area contributed by atoms with Crippen LogP contribution in [0.5, 0.6) is 0 Å². The zero-order chi connectivity index (χ0) is 22.8. The minimum absolute atomic E-state index is 0.00936. The van der Waals surface area contributed by atoms with Crippen LogP contribution in [0.15, 0.2) is 23.4 Å². The highest BCUT2D eigenvalue weighted by Gasteiger charge is 2.63. The highest BCUT2D eigenvalue weighted by molar-refractivity contribution is 7.14. The van der Waals surface area contributed by atoms with E-state index in [1.807, 2.05) is 0 Å². The highest BCUT2D eigenvalue weighted by Crippen LogP contribution is 2.50. The third-order valence-corrected chi connectivity index (χ3v) is 7.63. The van der Waals surface area contributed by atoms with Crippen LogP contribution in [0.3, 0.4) is 0 Å². The molecule has 12 heteroatoms. The molecule has 1 atom stereocenters. The molecule has 170 valence electrons. The third-order valence-electron chi connectivity index (χ3n) is 5.93. The lowest BCUT2D eigenvalue weighted by molar-refractivity contribution is -0.275. The quantitative estimate of drug-likeness (QED) is 0.395. The fourth-order valence-corrected chi connectivity index (χ4v) is 5.62. The standard InChI is InChI=1S/C20H15Cl2F4N3O2S/c21-12-5-11(6-13(22)17(12)23)19(20(24,25)26)7-16(27-31-19)29-8-10-4-14(32-15(10)9-29)18(30)28-2-1-3-28/h4-6H,1-3,7-9H2. The maximum absolute atomic E-state index is 14.1. The molecule has 1 fully saturated rings. The molecule has 5 nitrogen and oxygen atoms in total. The first kappa shape index (κ1) is 21.8. The van der Waals surface area contributed by atoms with Gasteiger partial charge >= 0.3 is 6.18 Å². The SMILES string of the molecule is O=C(c1cc2c(s1)CN(C1=NOC(c3cc(Cl)c(F)c(Cl)c3)(C(F)(F)F)C1)C2)N1CCC1. The molecule has 2 aromatic rings. The van der Waals surface area contributed by atoms with Crippen molar-refractivity contribution in [3.05, 3.63) is 54.9 Å². The van der Waals surface area contributed by atoms with Crippen LogP contribution >= 0.6 is 34.5 Å². The summed E-state index contributed by atoms with van der Waals surface area (Å²) in [6.45, 7) is 2.14. The molecule has 4 heterocycles. The Morgan fingerprint density at radius 2 is 1.84 bits per heavy atom. The molecule has 3 aliphatic heterocycles. The Hall–Kier alpha value is -2.04. The van der Waals surface area contributed by atoms with Crippen LogP contribution in [0.4, 0.5) is 17.6 Å². The average Bonchev–Trinajstić information content (AvgIpc) is 3.36. The maximum Gasteiger partial charge on any atom is 0.435 e. The molecule has 1 saturated heterocycles. The van der Waals surface area contributed by atoms with Crippen LogP contribution in [0.2, 0.25) is 10.0 Å². The molecule has 0 spiro atoms. The van der Waals surface area contributed by atoms with Crippen molar-refractivity contribution < 1.29 is 27.2 Å². The Morgan fingerprint density at radius 1 is 1.16 bits per heavy atom. The summed E-state index contributed by atoms with van der Waals surface area (Å²) in [6, 6.07) is 3.53. The van der Waals surface area contributed by atoms with E-state index in [-0.39, 0.29) is 11.7 Å². The van der Waals surface area contributed by atoms with Gasteiger partial charge in [0, 0.05) is 30.1 Å². The van der Waals surface area contributed by atoms with E-state index in [9.17, 15) is 22.4 Å². The van der Waals surface area contributed by atoms with Crippen LogP contribution < -0.4 is 0 Å². The number of thiophene rings is 1. The largest absolute Gasteiger partial charge is 0.435 e. The fraction of sp³-hybridized carbons (Fsp3) is 0.400. The topological polar surface area (TPSA) is 45.1 Å². The first-order valence-electron chi connectivity index (χ1n) is 9.71. The lowest BCUT2D eigenvalue weighted by Crippen LogP contribution is -2.44. The van der Waals surface area contributed by atoms with Crippen LogP contribution in [-0.2, 0) is 23.5 Å². The molecule has 1 aromatic carbocycles. The Balaban J connectivity index is 1.37. The maximum atomic E-state index is 14.1. The zero-order valence-electron chi connectivity index (χ0n) is 16.3. The summed E-state index contributed by atoms with van der Waals surface area (Å²) >= 11 is 12.8. The normalized spacial score (nSPS) is 22.5. The molecule has 0 saturated carbocycles. The van der Waals surface area contributed by atoms with Crippen molar-refractivity contribution in [1.29, 1.82) is 0 Å². The number of fused-ring (bicyclic) bond motifs is 1. The van der Waals surface area contributed by atoms with Crippen molar-refractivity contribution in [3.63, 3.8) is 0 Å². The van der Waals surface area contributed by atoms with Gasteiger partial charge in [0.25, 0.3) is 11.5 Å². The third kappa shape index (κ3) is 3.34. The van der Waals surface area contributed by atoms with Gasteiger partial charge in [-0.25, -0.2) is 4.39 Å². The van der Waals surface area contributed by atoms with Crippen molar-refractivity contribution in [2.24, 2.45) is 5.16 Å². The number of rotatable bonds is 2. The Morgan fingerprint density at radius 3 is 2.41 bits per heavy atom. The number of oxime groups is 1. The molecule has 1 amide bonds. The first-order chi connectivity index (χ1) is 15.1. The molecule has 0 bridgehead atoms. The first-order valence-corrected chi connectivity index (χ1v) is 11.3. The number of benzene rings is 1. The molecule has 0 radical (unpaired) electrons. The van der Waals surface area contributed by atoms with Gasteiger partial charge in [0.1, 0.15) is 5.84 Å². The van der Waals surface area contributed by atoms with Crippen LogP contribution in [0.1, 0.15) is 38.5 Å². The van der Waals surface area contributed by atoms with Gasteiger partial charge in [0.15, 0.2) is 5.82 Å². The van der Waals surface area contributed by atoms with Crippen LogP contribution in [-0.4, -0.2) is 40.8 Å². The molecule has 3 aliphatic rings. The number of carbonyl (C=O) groups is 1. The molecule has 0 N–H and O–H groups in total. The van der Waals surface area contributed by atoms with Gasteiger partial charge in [-0.3, -0.25) is 4.79 Å². The van der Waals surface area contributed by atoms with E-state index in [1.54, 1.807) is 15.9 Å². The molecule has 1 unspecified atom stereocenters. The lowest BCUT2D eigenvalue weighted by atomic mass is 9.89. The van der Waals surface area contributed by atoms with Gasteiger partial charge in [-0.15, -0.1) is 11.3 Å². The number of nitrogens with zero attached hydrogens (tertiary/aromatic N) is 3. The number of hydrogen-bond acceptors (Lipinski definition) is 5. The van der Waals surface area contributed by atoms with Gasteiger partial charge in [0.2, 0.25) is 0 Å². The van der Waals surface area contributed by atoms with Gasteiger partial charge in [-0.1, -0.05) is 28.4 Å². The molecule has 0 aliphatic carbocycles. The Labute approximate surface area is 194 Å². The van der Waals surface area contributed by atoms with Gasteiger partial charge in [-0.2, -0.15) is 13.2 Å². The number of alkyl halides is 3. The number of halogens is 6. The van der Waals surface area contributed by atoms with E-state index in [2.05, 4.69) is 5.16 Å². The minimum Gasteiger partial charge on any atom is -0.372 e. The predicted molar refractivity (Wildman–Crippen MR) is 111 cm³/mol. The summed E-state index contributed by atoms with van der Waals surface area (Å²) < 4.78 is 56.2. The van der Waals surface area contributed by atoms with Crippen molar-refractivity contribution >= 4 is 46.3 Å². The Kier molecular flexibility index (Phi) is 5.10. The summed E-state index contributed by atoms with van der Waals surface area (Å²) in [7, 11) is 0. The van der Waals surface area contributed by atoms with E-state index in [4.69, 9.17) is 28.0 Å². The monoisotopic (exact) mass is 507 g/mol. The predicted octanol–water partition coefficient (Wildman–Crippen LogP) is 5.55. The summed E-state index contributed by atoms with van der Waals surface area (Å²) in [5.41, 5.74) is -2.35. The second kappa shape index (κ2) is 7.50. The fourth-order valence-electron chi connectivity index (χ4n) is 3.98. The number of likely N-dealkylation sites (tertiary alicyclic amines) is 1. The van der Waals surface area contributed by atoms with Crippen LogP contribution in [0.25, 0.3) is 0 Å². The molecular weight excluding hydrogens is 493 g/mol. The molecular formula is C20H15Cl2F4N3O2S. The van der Waals surface area contributed by atoms with Crippen molar-refractivity contribution in [2.75, 3.05) is 13.1 Å². The second-order valence-electron chi connectivity index (χ2n) is 7.92. The highest BCUT2D eigenvalue weighted by atomic mass is 35.5. The Bertz CT molecular complexity index is 1100. The number of hydrogen-bond donors (Lipinski definition) is 0. The van der Waals surface area contributed by atoms with Gasteiger partial charge in [0.05, 0.1) is 27.9 Å². The van der Waals surface area contributed by atoms with Crippen LogP contribution in [0, 0.1) is 5.82 Å². The molecule has 5 rings (SSSR count). The summed E-state index contributed by atoms with van der Waals surface area (Å²) in [4.78, 5) is 22.4. The average molecular weight is 508 g/mol. The zero-order valence-corrected chi connectivity index (χ0v) is 18.6. The van der Waals surface area contributed by atoms with E-state index in [1.165, 1.54) is 11.3 Å². The van der Waals surface area contributed by atoms with E-state index >= 15 is 0 Å². The number of amidine groups is 1. The van der Waals surface area contributed by atoms with Gasteiger partial charge in [-0.05, 0) is 30.2 Å².